The van der Waals surface area contributed by atoms with Crippen LogP contribution in [0.1, 0.15) is 38.2 Å². The van der Waals surface area contributed by atoms with Crippen LogP contribution in [0.25, 0.3) is 32.1 Å². The number of nitrogens with zero attached hydrogens (tertiary/aromatic N) is 9. The Kier molecular flexibility index (Phi) is 8.60. The second kappa shape index (κ2) is 12.9. The SMILES string of the molecule is CC([C@H]1CCN1C(=O)n1cnc(Cl)n1)N(C)c1nc(OC[C@@]23CCCN2C[C@H](F)C3)nc2c(F)c(-c3ccc(F)c4sc(N)c(C#N)c34)c(Cl)cc12. The van der Waals surface area contributed by atoms with Crippen LogP contribution in [-0.4, -0.2) is 97.6 Å². The van der Waals surface area contributed by atoms with Crippen LogP contribution < -0.4 is 15.4 Å². The highest BCUT2D eigenvalue weighted by atomic mass is 35.5. The summed E-state index contributed by atoms with van der Waals surface area (Å²) in [4.78, 5) is 31.9. The van der Waals surface area contributed by atoms with Gasteiger partial charge in [-0.3, -0.25) is 4.90 Å². The van der Waals surface area contributed by atoms with Crippen LogP contribution in [0.3, 0.4) is 0 Å². The topological polar surface area (TPSA) is 142 Å². The van der Waals surface area contributed by atoms with Gasteiger partial charge in [-0.2, -0.15) is 19.9 Å². The van der Waals surface area contributed by atoms with E-state index in [1.54, 1.807) is 11.9 Å². The van der Waals surface area contributed by atoms with Gasteiger partial charge in [0.05, 0.1) is 26.9 Å². The Hall–Kier alpha value is -4.43. The van der Waals surface area contributed by atoms with Crippen LogP contribution >= 0.6 is 34.5 Å². The van der Waals surface area contributed by atoms with E-state index in [1.165, 1.54) is 24.5 Å². The van der Waals surface area contributed by atoms with Gasteiger partial charge in [0.15, 0.2) is 5.82 Å². The summed E-state index contributed by atoms with van der Waals surface area (Å²) in [6.07, 6.45) is 2.89. The molecule has 18 heteroatoms. The van der Waals surface area contributed by atoms with E-state index >= 15 is 4.39 Å². The molecule has 4 atom stereocenters. The highest BCUT2D eigenvalue weighted by Gasteiger charge is 2.49. The zero-order valence-electron chi connectivity index (χ0n) is 27.9. The minimum atomic E-state index is -0.982. The number of nitrogens with two attached hydrogens (primary N) is 1. The molecule has 2 N–H and O–H groups in total. The average Bonchev–Trinajstić information content (AvgIpc) is 3.86. The van der Waals surface area contributed by atoms with Gasteiger partial charge in [-0.05, 0) is 62.0 Å². The maximum Gasteiger partial charge on any atom is 0.346 e. The lowest BCUT2D eigenvalue weighted by Gasteiger charge is -2.46. The minimum absolute atomic E-state index is 0.0156. The third-order valence-corrected chi connectivity index (χ3v) is 12.2. The van der Waals surface area contributed by atoms with Crippen molar-refractivity contribution in [2.45, 2.75) is 56.4 Å². The Labute approximate surface area is 309 Å². The molecule has 0 bridgehead atoms. The molecule has 6 heterocycles. The summed E-state index contributed by atoms with van der Waals surface area (Å²) < 4.78 is 54.1. The van der Waals surface area contributed by atoms with E-state index in [9.17, 15) is 18.8 Å². The Morgan fingerprint density at radius 3 is 2.81 bits per heavy atom. The number of nitrogen functional groups attached to an aromatic ring is 1. The molecular weight excluding hydrogens is 740 g/mol. The average molecular weight is 772 g/mol. The second-order valence-electron chi connectivity index (χ2n) is 13.5. The molecule has 3 saturated heterocycles. The van der Waals surface area contributed by atoms with Crippen LogP contribution in [-0.2, 0) is 0 Å². The number of nitriles is 1. The molecule has 12 nitrogen and oxygen atoms in total. The van der Waals surface area contributed by atoms with Gasteiger partial charge >= 0.3 is 12.0 Å². The molecule has 0 spiro atoms. The maximum absolute atomic E-state index is 17.1. The molecule has 3 fully saturated rings. The number of amides is 1. The van der Waals surface area contributed by atoms with Gasteiger partial charge < -0.3 is 20.3 Å². The summed E-state index contributed by atoms with van der Waals surface area (Å²) in [5, 5.41) is 14.2. The first kappa shape index (κ1) is 34.6. The monoisotopic (exact) mass is 770 g/mol. The molecule has 0 radical (unpaired) electrons. The first-order valence-corrected chi connectivity index (χ1v) is 18.2. The number of carbonyl (C=O) groups is 1. The highest BCUT2D eigenvalue weighted by Crippen LogP contribution is 2.46. The molecule has 270 valence electrons. The van der Waals surface area contributed by atoms with Crippen LogP contribution in [0.4, 0.5) is 28.8 Å². The summed E-state index contributed by atoms with van der Waals surface area (Å²) >= 11 is 13.6. The molecule has 1 unspecified atom stereocenters. The Morgan fingerprint density at radius 1 is 1.29 bits per heavy atom. The summed E-state index contributed by atoms with van der Waals surface area (Å²) in [5.41, 5.74) is 5.51. The number of anilines is 2. The fraction of sp³-hybridized carbons (Fsp3) is 0.412. The number of likely N-dealkylation sites (tertiary alicyclic amines) is 1. The lowest BCUT2D eigenvalue weighted by atomic mass is 9.95. The second-order valence-corrected chi connectivity index (χ2v) is 15.3. The van der Waals surface area contributed by atoms with Gasteiger partial charge in [0.1, 0.15) is 47.3 Å². The molecule has 2 aromatic carbocycles. The van der Waals surface area contributed by atoms with E-state index in [4.69, 9.17) is 38.7 Å². The number of fused-ring (bicyclic) bond motifs is 3. The fourth-order valence-electron chi connectivity index (χ4n) is 7.96. The van der Waals surface area contributed by atoms with Crippen LogP contribution in [0.5, 0.6) is 6.01 Å². The smallest absolute Gasteiger partial charge is 0.346 e. The number of thiophene rings is 1. The predicted molar refractivity (Wildman–Crippen MR) is 192 cm³/mol. The van der Waals surface area contributed by atoms with Crippen molar-refractivity contribution in [3.05, 3.63) is 52.0 Å². The lowest BCUT2D eigenvalue weighted by Crippen LogP contribution is -2.60. The molecule has 3 aliphatic heterocycles. The number of hydrogen-bond donors (Lipinski definition) is 1. The fourth-order valence-corrected chi connectivity index (χ4v) is 9.33. The molecule has 52 heavy (non-hydrogen) atoms. The molecular formula is C34H31Cl2F3N10O2S. The van der Waals surface area contributed by atoms with Gasteiger partial charge in [0, 0.05) is 48.9 Å². The number of benzene rings is 2. The summed E-state index contributed by atoms with van der Waals surface area (Å²) in [6, 6.07) is 4.90. The van der Waals surface area contributed by atoms with E-state index < -0.39 is 29.4 Å². The standard InChI is InChI=1S/C34H31Cl2F3N10O2S/c1-16(23-6-9-48(23)33(50)49-15-42-31(36)45-49)46(2)30-19-10-21(35)25(18-4-5-22(38)28-24(18)20(12-40)29(41)52-28)26(39)27(19)43-32(44-30)51-14-34-7-3-8-47(34)13-17(37)11-34/h4-5,10,15-17,23H,3,6-9,11,13-14,41H2,1-2H3/t16?,17-,23-,34+/m1/s1. The molecule has 1 amide bonds. The zero-order chi connectivity index (χ0) is 36.6. The van der Waals surface area contributed by atoms with Gasteiger partial charge in [0.2, 0.25) is 5.28 Å². The zero-order valence-corrected chi connectivity index (χ0v) is 30.2. The molecule has 3 aliphatic rings. The van der Waals surface area contributed by atoms with Crippen molar-refractivity contribution in [1.82, 2.24) is 34.5 Å². The van der Waals surface area contributed by atoms with E-state index in [-0.39, 0.29) is 83.5 Å². The minimum Gasteiger partial charge on any atom is -0.461 e. The number of ether oxygens (including phenoxy) is 1. The molecule has 0 saturated carbocycles. The summed E-state index contributed by atoms with van der Waals surface area (Å²) in [5.74, 6) is -1.17. The molecule has 3 aromatic heterocycles. The van der Waals surface area contributed by atoms with Crippen molar-refractivity contribution in [2.75, 3.05) is 43.9 Å². The van der Waals surface area contributed by atoms with Gasteiger partial charge in [-0.1, -0.05) is 17.7 Å². The van der Waals surface area contributed by atoms with Crippen LogP contribution in [0.15, 0.2) is 24.5 Å². The van der Waals surface area contributed by atoms with Crippen molar-refractivity contribution in [3.63, 3.8) is 0 Å². The van der Waals surface area contributed by atoms with E-state index in [2.05, 4.69) is 20.0 Å². The predicted octanol–water partition coefficient (Wildman–Crippen LogP) is 6.66. The quantitative estimate of drug-likeness (QED) is 0.191. The first-order valence-electron chi connectivity index (χ1n) is 16.6. The third-order valence-electron chi connectivity index (χ3n) is 10.7. The first-order chi connectivity index (χ1) is 24.9. The highest BCUT2D eigenvalue weighted by molar-refractivity contribution is 7.23. The van der Waals surface area contributed by atoms with Gasteiger partial charge in [0.25, 0.3) is 0 Å². The Balaban J connectivity index is 1.23. The summed E-state index contributed by atoms with van der Waals surface area (Å²) in [7, 11) is 1.77. The van der Waals surface area contributed by atoms with E-state index in [0.717, 1.165) is 35.4 Å². The third kappa shape index (κ3) is 5.48. The molecule has 0 aliphatic carbocycles. The Morgan fingerprint density at radius 2 is 2.10 bits per heavy atom. The van der Waals surface area contributed by atoms with Gasteiger partial charge in [-0.25, -0.2) is 22.9 Å². The van der Waals surface area contributed by atoms with Crippen LogP contribution in [0.2, 0.25) is 10.3 Å². The van der Waals surface area contributed by atoms with Crippen molar-refractivity contribution in [3.8, 4) is 23.2 Å². The number of likely N-dealkylation sites (N-methyl/N-ethyl adjacent to an activating group) is 1. The van der Waals surface area contributed by atoms with Crippen molar-refractivity contribution >= 4 is 72.4 Å². The van der Waals surface area contributed by atoms with Crippen molar-refractivity contribution in [1.29, 1.82) is 5.26 Å². The molecule has 8 rings (SSSR count). The maximum atomic E-state index is 17.1. The summed E-state index contributed by atoms with van der Waals surface area (Å²) in [6.45, 7) is 3.56. The normalized spacial score (nSPS) is 22.1. The van der Waals surface area contributed by atoms with Gasteiger partial charge in [-0.15, -0.1) is 16.4 Å². The largest absolute Gasteiger partial charge is 0.461 e. The van der Waals surface area contributed by atoms with E-state index in [1.807, 2.05) is 17.9 Å². The number of halogens is 5. The number of alkyl halides is 1. The van der Waals surface area contributed by atoms with Crippen molar-refractivity contribution < 1.29 is 22.7 Å². The van der Waals surface area contributed by atoms with Crippen molar-refractivity contribution in [2.24, 2.45) is 0 Å². The number of rotatable bonds is 7. The number of aromatic nitrogens is 5. The lowest BCUT2D eigenvalue weighted by molar-refractivity contribution is 0.0991. The number of carbonyl (C=O) groups excluding carboxylic acids is 1. The molecule has 5 aromatic rings. The Bertz CT molecular complexity index is 2320. The van der Waals surface area contributed by atoms with Crippen LogP contribution in [0, 0.1) is 23.0 Å². The van der Waals surface area contributed by atoms with E-state index in [0.29, 0.717) is 25.9 Å². The number of hydrogen-bond acceptors (Lipinski definition) is 11.